The molecule has 0 radical (unpaired) electrons. The lowest BCUT2D eigenvalue weighted by Crippen LogP contribution is -2.36. The fourth-order valence-electron chi connectivity index (χ4n) is 9.16. The monoisotopic (exact) mass is 713 g/mol. The first-order valence-corrected chi connectivity index (χ1v) is 19.2. The second-order valence-electron chi connectivity index (χ2n) is 14.5. The van der Waals surface area contributed by atoms with Gasteiger partial charge in [-0.05, 0) is 80.9 Å². The molecule has 0 amide bonds. The van der Waals surface area contributed by atoms with E-state index in [0.29, 0.717) is 5.82 Å². The largest absolute Gasteiger partial charge is 0.310 e. The van der Waals surface area contributed by atoms with Gasteiger partial charge in [0.15, 0.2) is 5.82 Å². The molecule has 3 heteroatoms. The number of hydrogen-bond donors (Lipinski definition) is 0. The van der Waals surface area contributed by atoms with Gasteiger partial charge in [-0.15, -0.1) is 0 Å². The molecule has 0 saturated heterocycles. The second-order valence-corrected chi connectivity index (χ2v) is 14.5. The summed E-state index contributed by atoms with van der Waals surface area (Å²) in [4.78, 5) is 13.2. The molecule has 56 heavy (non-hydrogen) atoms. The van der Waals surface area contributed by atoms with Gasteiger partial charge in [0.05, 0.1) is 28.2 Å². The Morgan fingerprint density at radius 3 is 1.52 bits per heavy atom. The van der Waals surface area contributed by atoms with Crippen LogP contribution in [0.15, 0.2) is 212 Å². The molecule has 1 aromatic heterocycles. The van der Waals surface area contributed by atoms with Crippen molar-refractivity contribution in [2.75, 3.05) is 4.90 Å². The molecule has 11 rings (SSSR count). The Kier molecular flexibility index (Phi) is 7.39. The standard InChI is InChI=1S/C53H35N3/c1-4-18-36(19-5-1)38-22-16-23-39(34-38)48-35-47(37-20-6-2-7-21-37)54-52(55-48)42-27-17-31-46-51(42)41-26-10-11-28-43(41)53(46)44-29-12-14-32-49(44)56(40-24-8-3-9-25-40)50-33-15-13-30-45(50)53/h1-35H. The summed E-state index contributed by atoms with van der Waals surface area (Å²) >= 11 is 0. The highest BCUT2D eigenvalue weighted by Gasteiger charge is 2.52. The van der Waals surface area contributed by atoms with Crippen molar-refractivity contribution in [3.05, 3.63) is 235 Å². The highest BCUT2D eigenvalue weighted by atomic mass is 15.2. The molecule has 0 atom stereocenters. The third kappa shape index (κ3) is 4.84. The van der Waals surface area contributed by atoms with E-state index in [2.05, 4.69) is 217 Å². The van der Waals surface area contributed by atoms with Crippen molar-refractivity contribution in [3.8, 4) is 56.2 Å². The Bertz CT molecular complexity index is 2870. The van der Waals surface area contributed by atoms with Crippen LogP contribution in [0.1, 0.15) is 22.3 Å². The van der Waals surface area contributed by atoms with Gasteiger partial charge in [-0.1, -0.05) is 176 Å². The Balaban J connectivity index is 1.18. The first-order chi connectivity index (χ1) is 27.8. The highest BCUT2D eigenvalue weighted by Crippen LogP contribution is 2.64. The van der Waals surface area contributed by atoms with E-state index >= 15 is 0 Å². The van der Waals surface area contributed by atoms with Crippen LogP contribution in [-0.2, 0) is 5.41 Å². The molecule has 0 saturated carbocycles. The molecule has 1 aliphatic carbocycles. The van der Waals surface area contributed by atoms with E-state index in [-0.39, 0.29) is 0 Å². The summed E-state index contributed by atoms with van der Waals surface area (Å²) in [6.45, 7) is 0. The average Bonchev–Trinajstić information content (AvgIpc) is 3.58. The first kappa shape index (κ1) is 32.1. The third-order valence-electron chi connectivity index (χ3n) is 11.5. The van der Waals surface area contributed by atoms with Gasteiger partial charge in [0.25, 0.3) is 0 Å². The van der Waals surface area contributed by atoms with E-state index in [1.165, 1.54) is 50.3 Å². The predicted octanol–water partition coefficient (Wildman–Crippen LogP) is 13.3. The molecule has 3 nitrogen and oxygen atoms in total. The summed E-state index contributed by atoms with van der Waals surface area (Å²) in [5.41, 5.74) is 17.5. The van der Waals surface area contributed by atoms with Crippen LogP contribution in [-0.4, -0.2) is 9.97 Å². The number of nitrogens with zero attached hydrogens (tertiary/aromatic N) is 3. The van der Waals surface area contributed by atoms with Crippen molar-refractivity contribution >= 4 is 17.1 Å². The van der Waals surface area contributed by atoms with Crippen molar-refractivity contribution in [2.24, 2.45) is 0 Å². The average molecular weight is 714 g/mol. The van der Waals surface area contributed by atoms with E-state index in [9.17, 15) is 0 Å². The van der Waals surface area contributed by atoms with Gasteiger partial charge in [-0.2, -0.15) is 0 Å². The van der Waals surface area contributed by atoms with Crippen LogP contribution in [0, 0.1) is 0 Å². The minimum atomic E-state index is -0.565. The van der Waals surface area contributed by atoms with Gasteiger partial charge >= 0.3 is 0 Å². The molecule has 2 aliphatic rings. The fourth-order valence-corrected chi connectivity index (χ4v) is 9.16. The van der Waals surface area contributed by atoms with Gasteiger partial charge in [0, 0.05) is 22.4 Å². The molecule has 0 fully saturated rings. The van der Waals surface area contributed by atoms with Crippen LogP contribution in [0.2, 0.25) is 0 Å². The summed E-state index contributed by atoms with van der Waals surface area (Å²) in [5, 5.41) is 0. The minimum absolute atomic E-state index is 0.565. The Hall–Kier alpha value is -7.36. The van der Waals surface area contributed by atoms with Crippen LogP contribution in [0.25, 0.3) is 56.2 Å². The summed E-state index contributed by atoms with van der Waals surface area (Å²) in [6, 6.07) is 76.1. The summed E-state index contributed by atoms with van der Waals surface area (Å²) < 4.78 is 0. The van der Waals surface area contributed by atoms with Gasteiger partial charge in [-0.3, -0.25) is 0 Å². The number of anilines is 3. The zero-order valence-corrected chi connectivity index (χ0v) is 30.5. The zero-order chi connectivity index (χ0) is 37.1. The Morgan fingerprint density at radius 1 is 0.339 bits per heavy atom. The number of aromatic nitrogens is 2. The quantitative estimate of drug-likeness (QED) is 0.178. The van der Waals surface area contributed by atoms with E-state index in [4.69, 9.17) is 9.97 Å². The lowest BCUT2D eigenvalue weighted by Gasteiger charge is -2.45. The van der Waals surface area contributed by atoms with Crippen molar-refractivity contribution in [3.63, 3.8) is 0 Å². The maximum atomic E-state index is 5.44. The summed E-state index contributed by atoms with van der Waals surface area (Å²) in [6.07, 6.45) is 0. The van der Waals surface area contributed by atoms with Crippen molar-refractivity contribution in [2.45, 2.75) is 5.41 Å². The van der Waals surface area contributed by atoms with E-state index < -0.39 is 5.41 Å². The molecule has 0 unspecified atom stereocenters. The maximum absolute atomic E-state index is 5.44. The van der Waals surface area contributed by atoms with Crippen molar-refractivity contribution in [1.82, 2.24) is 9.97 Å². The smallest absolute Gasteiger partial charge is 0.161 e. The van der Waals surface area contributed by atoms with E-state index in [0.717, 1.165) is 39.3 Å². The van der Waals surface area contributed by atoms with Crippen molar-refractivity contribution < 1.29 is 0 Å². The third-order valence-corrected chi connectivity index (χ3v) is 11.5. The molecule has 2 heterocycles. The molecule has 1 aliphatic heterocycles. The van der Waals surface area contributed by atoms with Crippen molar-refractivity contribution in [1.29, 1.82) is 0 Å². The lowest BCUT2D eigenvalue weighted by atomic mass is 9.64. The van der Waals surface area contributed by atoms with Crippen LogP contribution >= 0.6 is 0 Å². The molecule has 0 bridgehead atoms. The molecule has 1 spiro atoms. The number of rotatable bonds is 5. The topological polar surface area (TPSA) is 29.0 Å². The first-order valence-electron chi connectivity index (χ1n) is 19.2. The van der Waals surface area contributed by atoms with E-state index in [1.54, 1.807) is 0 Å². The number of fused-ring (bicyclic) bond motifs is 9. The minimum Gasteiger partial charge on any atom is -0.310 e. The maximum Gasteiger partial charge on any atom is 0.161 e. The normalized spacial score (nSPS) is 13.1. The SMILES string of the molecule is c1ccc(-c2cccc(-c3cc(-c4ccccc4)nc(-c4cccc5c4-c4ccccc4C54c5ccccc5N(c5ccccc5)c5ccccc54)n3)c2)cc1. The molecule has 0 N–H and O–H groups in total. The lowest BCUT2D eigenvalue weighted by molar-refractivity contribution is 0.752. The van der Waals surface area contributed by atoms with Crippen LogP contribution < -0.4 is 4.90 Å². The number of benzene rings is 8. The van der Waals surface area contributed by atoms with Gasteiger partial charge in [0.2, 0.25) is 0 Å². The predicted molar refractivity (Wildman–Crippen MR) is 229 cm³/mol. The molecule has 262 valence electrons. The number of hydrogen-bond acceptors (Lipinski definition) is 3. The van der Waals surface area contributed by atoms with Gasteiger partial charge < -0.3 is 4.90 Å². The fraction of sp³-hybridized carbons (Fsp3) is 0.0189. The van der Waals surface area contributed by atoms with Crippen LogP contribution in [0.3, 0.4) is 0 Å². The van der Waals surface area contributed by atoms with Crippen LogP contribution in [0.4, 0.5) is 17.1 Å². The summed E-state index contributed by atoms with van der Waals surface area (Å²) in [7, 11) is 0. The second kappa shape index (κ2) is 12.9. The summed E-state index contributed by atoms with van der Waals surface area (Å²) in [5.74, 6) is 0.707. The highest BCUT2D eigenvalue weighted by molar-refractivity contribution is 5.99. The molecule has 9 aromatic rings. The van der Waals surface area contributed by atoms with E-state index in [1.807, 2.05) is 0 Å². The van der Waals surface area contributed by atoms with Crippen LogP contribution in [0.5, 0.6) is 0 Å². The van der Waals surface area contributed by atoms with Gasteiger partial charge in [-0.25, -0.2) is 9.97 Å². The Labute approximate surface area is 326 Å². The number of para-hydroxylation sites is 3. The Morgan fingerprint density at radius 2 is 0.821 bits per heavy atom. The zero-order valence-electron chi connectivity index (χ0n) is 30.5. The van der Waals surface area contributed by atoms with Gasteiger partial charge in [0.1, 0.15) is 0 Å². The molecular weight excluding hydrogens is 679 g/mol. The molecular formula is C53H35N3. The molecule has 8 aromatic carbocycles.